The van der Waals surface area contributed by atoms with Crippen molar-refractivity contribution in [1.82, 2.24) is 24.6 Å². The Kier molecular flexibility index (Phi) is 12.3. The molecule has 2 saturated carbocycles. The number of hydrogen-bond acceptors (Lipinski definition) is 13. The van der Waals surface area contributed by atoms with E-state index in [1.54, 1.807) is 37.4 Å². The number of benzene rings is 2. The fourth-order valence-electron chi connectivity index (χ4n) is 10.8. The van der Waals surface area contributed by atoms with E-state index in [-0.39, 0.29) is 34.0 Å². The fraction of sp³-hybridized carbons (Fsp3) is 0.490. The van der Waals surface area contributed by atoms with Gasteiger partial charge in [0.1, 0.15) is 22.0 Å². The molecule has 66 heavy (non-hydrogen) atoms. The van der Waals surface area contributed by atoms with E-state index in [0.717, 1.165) is 88.1 Å². The molecule has 3 aromatic heterocycles. The summed E-state index contributed by atoms with van der Waals surface area (Å²) in [5.74, 6) is -0.00446. The molecule has 4 aliphatic rings. The Morgan fingerprint density at radius 2 is 1.77 bits per heavy atom. The number of H-pyrrole nitrogens is 1. The predicted molar refractivity (Wildman–Crippen MR) is 252 cm³/mol. The summed E-state index contributed by atoms with van der Waals surface area (Å²) in [6, 6.07) is 18.9. The van der Waals surface area contributed by atoms with Gasteiger partial charge in [-0.05, 0) is 118 Å². The molecule has 17 heteroatoms. The second kappa shape index (κ2) is 17.9. The Hall–Kier alpha value is -5.62. The van der Waals surface area contributed by atoms with E-state index >= 15 is 0 Å². The molecule has 1 amide bonds. The van der Waals surface area contributed by atoms with Crippen molar-refractivity contribution in [2.75, 3.05) is 49.6 Å². The van der Waals surface area contributed by atoms with Gasteiger partial charge in [0.25, 0.3) is 15.9 Å². The van der Waals surface area contributed by atoms with E-state index in [1.807, 2.05) is 6.07 Å². The number of carbonyl (C=O) groups is 1. The van der Waals surface area contributed by atoms with E-state index in [9.17, 15) is 28.4 Å². The molecule has 4 fully saturated rings. The van der Waals surface area contributed by atoms with Gasteiger partial charge < -0.3 is 29.8 Å². The number of sulfonamides is 1. The highest BCUT2D eigenvalue weighted by atomic mass is 32.2. The minimum atomic E-state index is -4.64. The van der Waals surface area contributed by atoms with Crippen molar-refractivity contribution < 1.29 is 32.7 Å². The van der Waals surface area contributed by atoms with Crippen molar-refractivity contribution in [3.63, 3.8) is 0 Å². The number of rotatable bonds is 13. The number of piperidine rings is 1. The van der Waals surface area contributed by atoms with Crippen LogP contribution >= 0.6 is 0 Å². The molecule has 2 aliphatic carbocycles. The molecule has 1 atom stereocenters. The van der Waals surface area contributed by atoms with Crippen LogP contribution in [0.4, 0.5) is 17.2 Å². The molecular weight excluding hydrogens is 861 g/mol. The highest BCUT2D eigenvalue weighted by Crippen LogP contribution is 2.54. The number of pyridine rings is 2. The number of aromatic amines is 1. The minimum Gasteiger partial charge on any atom is -0.455 e. The number of anilines is 2. The summed E-state index contributed by atoms with van der Waals surface area (Å²) in [6.45, 7) is 12.9. The Bertz CT molecular complexity index is 2720. The van der Waals surface area contributed by atoms with Crippen molar-refractivity contribution in [3.05, 3.63) is 106 Å². The normalized spacial score (nSPS) is 23.7. The highest BCUT2D eigenvalue weighted by Gasteiger charge is 2.52. The maximum atomic E-state index is 14.0. The molecule has 2 aliphatic heterocycles. The molecule has 350 valence electrons. The van der Waals surface area contributed by atoms with E-state index < -0.39 is 37.0 Å². The SMILES string of the molecule is CC(C)c1ccccc1[C@@]1(C)COCCN1C1CC2(CCN(c3ccc(C(=O)NS(=O)(=O)c4cnc(NC[C@H]5CC[C@](C)(O)CC5)c([N+](=O)[O-])c4)c(Oc4cnc5[nH]ccc5c4)c3)CC2)C1. The van der Waals surface area contributed by atoms with Gasteiger partial charge >= 0.3 is 5.69 Å². The molecule has 0 bridgehead atoms. The standard InChI is InChI=1S/C49H60N8O8S/c1-32(2)39-7-5-6-8-41(39)48(4)31-64-22-21-56(48)36-26-49(27-36)16-19-55(20-17-49)35-9-10-40(43(24-35)65-37-23-34-13-18-50-44(34)52-29-37)46(58)54-66(62,63)38-25-42(57(60)61)45(53-30-38)51-28-33-11-14-47(3,59)15-12-33/h5-10,13,18,23-25,29-30,32-33,36,59H,11-12,14-17,19-22,26-28,31H2,1-4H3,(H,50,52)(H,51,53)(H,54,58)/t33-,47-,48-/m1/s1. The summed E-state index contributed by atoms with van der Waals surface area (Å²) < 4.78 is 42.0. The molecule has 4 N–H and O–H groups in total. The smallest absolute Gasteiger partial charge is 0.312 e. The van der Waals surface area contributed by atoms with Gasteiger partial charge in [-0.3, -0.25) is 19.8 Å². The number of amides is 1. The summed E-state index contributed by atoms with van der Waals surface area (Å²) in [5.41, 5.74) is 2.94. The molecular formula is C49H60N8O8S. The topological polar surface area (TPSA) is 205 Å². The van der Waals surface area contributed by atoms with Gasteiger partial charge in [0, 0.05) is 61.6 Å². The number of aliphatic hydroxyl groups is 1. The van der Waals surface area contributed by atoms with Gasteiger partial charge in [-0.2, -0.15) is 0 Å². The summed E-state index contributed by atoms with van der Waals surface area (Å²) >= 11 is 0. The zero-order valence-corrected chi connectivity index (χ0v) is 38.9. The van der Waals surface area contributed by atoms with Crippen molar-refractivity contribution in [2.45, 2.75) is 107 Å². The number of aromatic nitrogens is 3. The van der Waals surface area contributed by atoms with Crippen molar-refractivity contribution in [2.24, 2.45) is 11.3 Å². The quantitative estimate of drug-likeness (QED) is 0.0650. The first-order valence-electron chi connectivity index (χ1n) is 23.1. The second-order valence-electron chi connectivity index (χ2n) is 19.7. The highest BCUT2D eigenvalue weighted by molar-refractivity contribution is 7.90. The Balaban J connectivity index is 0.904. The molecule has 2 saturated heterocycles. The second-order valence-corrected chi connectivity index (χ2v) is 21.4. The number of nitro groups is 1. The lowest BCUT2D eigenvalue weighted by Crippen LogP contribution is -2.63. The zero-order valence-electron chi connectivity index (χ0n) is 38.1. The molecule has 9 rings (SSSR count). The molecule has 1 spiro atoms. The largest absolute Gasteiger partial charge is 0.455 e. The average Bonchev–Trinajstić information content (AvgIpc) is 3.76. The molecule has 16 nitrogen and oxygen atoms in total. The summed E-state index contributed by atoms with van der Waals surface area (Å²) in [4.78, 5) is 41.5. The van der Waals surface area contributed by atoms with Crippen LogP contribution in [0.2, 0.25) is 0 Å². The zero-order chi connectivity index (χ0) is 46.4. The average molecular weight is 921 g/mol. The van der Waals surface area contributed by atoms with E-state index in [4.69, 9.17) is 9.47 Å². The maximum Gasteiger partial charge on any atom is 0.312 e. The third kappa shape index (κ3) is 9.22. The van der Waals surface area contributed by atoms with Crippen LogP contribution in [0.15, 0.2) is 84.1 Å². The van der Waals surface area contributed by atoms with Crippen molar-refractivity contribution in [3.8, 4) is 11.5 Å². The van der Waals surface area contributed by atoms with E-state index in [2.05, 4.69) is 79.8 Å². The lowest BCUT2D eigenvalue weighted by molar-refractivity contribution is -0.384. The summed E-state index contributed by atoms with van der Waals surface area (Å²) in [5, 5.41) is 26.2. The number of carbonyl (C=O) groups excluding carboxylic acids is 1. The lowest BCUT2D eigenvalue weighted by atomic mass is 9.59. The van der Waals surface area contributed by atoms with Crippen LogP contribution in [0.5, 0.6) is 11.5 Å². The van der Waals surface area contributed by atoms with Crippen LogP contribution < -0.4 is 19.7 Å². The van der Waals surface area contributed by atoms with Crippen LogP contribution in [0.1, 0.15) is 106 Å². The molecule has 2 aromatic carbocycles. The fourth-order valence-corrected chi connectivity index (χ4v) is 11.7. The maximum absolute atomic E-state index is 14.0. The Morgan fingerprint density at radius 1 is 1.02 bits per heavy atom. The van der Waals surface area contributed by atoms with Gasteiger partial charge in [-0.1, -0.05) is 38.1 Å². The molecule has 0 radical (unpaired) electrons. The first-order chi connectivity index (χ1) is 31.5. The number of nitrogens with zero attached hydrogens (tertiary/aromatic N) is 5. The van der Waals surface area contributed by atoms with Gasteiger partial charge in [0.15, 0.2) is 0 Å². The van der Waals surface area contributed by atoms with Crippen LogP contribution in [0, 0.1) is 21.4 Å². The first kappa shape index (κ1) is 45.5. The predicted octanol–water partition coefficient (Wildman–Crippen LogP) is 8.25. The van der Waals surface area contributed by atoms with Gasteiger partial charge in [0.2, 0.25) is 5.82 Å². The lowest BCUT2D eigenvalue weighted by Gasteiger charge is -2.60. The molecule has 0 unspecified atom stereocenters. The van der Waals surface area contributed by atoms with E-state index in [0.29, 0.717) is 49.3 Å². The van der Waals surface area contributed by atoms with Gasteiger partial charge in [0.05, 0.1) is 47.2 Å². The molecule has 5 heterocycles. The number of ether oxygens (including phenoxy) is 2. The van der Waals surface area contributed by atoms with Crippen LogP contribution in [-0.4, -0.2) is 95.2 Å². The van der Waals surface area contributed by atoms with Crippen molar-refractivity contribution in [1.29, 1.82) is 0 Å². The van der Waals surface area contributed by atoms with Gasteiger partial charge in [-0.15, -0.1) is 0 Å². The minimum absolute atomic E-state index is 0.0494. The third-order valence-electron chi connectivity index (χ3n) is 14.8. The van der Waals surface area contributed by atoms with E-state index in [1.165, 1.54) is 17.3 Å². The number of hydrogen-bond donors (Lipinski definition) is 4. The summed E-state index contributed by atoms with van der Waals surface area (Å²) in [6.07, 6.45) is 11.3. The van der Waals surface area contributed by atoms with Crippen LogP contribution in [0.25, 0.3) is 11.0 Å². The monoisotopic (exact) mass is 920 g/mol. The Morgan fingerprint density at radius 3 is 2.52 bits per heavy atom. The third-order valence-corrected chi connectivity index (χ3v) is 16.1. The van der Waals surface area contributed by atoms with Crippen molar-refractivity contribution >= 4 is 44.2 Å². The van der Waals surface area contributed by atoms with Gasteiger partial charge in [-0.25, -0.2) is 23.1 Å². The Labute approximate surface area is 385 Å². The number of morpholine rings is 1. The first-order valence-corrected chi connectivity index (χ1v) is 24.6. The summed E-state index contributed by atoms with van der Waals surface area (Å²) in [7, 11) is -4.64. The van der Waals surface area contributed by atoms with Crippen LogP contribution in [0.3, 0.4) is 0 Å². The van der Waals surface area contributed by atoms with Crippen LogP contribution in [-0.2, 0) is 20.3 Å². The number of nitrogens with one attached hydrogen (secondary N) is 3. The number of fused-ring (bicyclic) bond motifs is 1. The molecule has 5 aromatic rings.